The maximum Gasteiger partial charge on any atom is 0.126 e. The summed E-state index contributed by atoms with van der Waals surface area (Å²) < 4.78 is 18.3. The van der Waals surface area contributed by atoms with Gasteiger partial charge >= 0.3 is 0 Å². The van der Waals surface area contributed by atoms with Crippen LogP contribution in [0.3, 0.4) is 0 Å². The Hall–Kier alpha value is -1.13. The molecule has 16 heavy (non-hydrogen) atoms. The predicted molar refractivity (Wildman–Crippen MR) is 60.4 cm³/mol. The van der Waals surface area contributed by atoms with Crippen molar-refractivity contribution in [1.29, 1.82) is 0 Å². The summed E-state index contributed by atoms with van der Waals surface area (Å²) in [7, 11) is 0. The van der Waals surface area contributed by atoms with Crippen LogP contribution in [0.2, 0.25) is 0 Å². The normalized spacial score (nSPS) is 11.5. The molecule has 2 N–H and O–H groups in total. The first-order valence-electron chi connectivity index (χ1n) is 5.23. The Labute approximate surface area is 95.3 Å². The molecule has 0 spiro atoms. The minimum atomic E-state index is -0.290. The Balaban J connectivity index is 2.35. The van der Waals surface area contributed by atoms with Gasteiger partial charge in [-0.15, -0.1) is 0 Å². The van der Waals surface area contributed by atoms with E-state index in [0.717, 1.165) is 6.42 Å². The molecule has 1 aromatic rings. The van der Waals surface area contributed by atoms with E-state index in [0.29, 0.717) is 19.0 Å². The van der Waals surface area contributed by atoms with Crippen LogP contribution in [-0.4, -0.2) is 13.2 Å². The van der Waals surface area contributed by atoms with Gasteiger partial charge in [-0.25, -0.2) is 10.3 Å². The van der Waals surface area contributed by atoms with Crippen molar-refractivity contribution in [2.45, 2.75) is 20.3 Å². The van der Waals surface area contributed by atoms with E-state index in [1.807, 2.05) is 13.8 Å². The Morgan fingerprint density at radius 1 is 1.38 bits per heavy atom. The van der Waals surface area contributed by atoms with Crippen molar-refractivity contribution in [3.05, 3.63) is 30.1 Å². The van der Waals surface area contributed by atoms with E-state index in [9.17, 15) is 4.39 Å². The van der Waals surface area contributed by atoms with Crippen LogP contribution >= 0.6 is 0 Å². The SMILES string of the molecule is CC(C)(CCOc1cccc(F)c1)CON. The van der Waals surface area contributed by atoms with Gasteiger partial charge in [0.25, 0.3) is 0 Å². The van der Waals surface area contributed by atoms with Gasteiger partial charge in [0, 0.05) is 6.07 Å². The second-order valence-corrected chi connectivity index (χ2v) is 4.53. The molecule has 0 aliphatic heterocycles. The van der Waals surface area contributed by atoms with Gasteiger partial charge in [-0.2, -0.15) is 0 Å². The number of ether oxygens (including phenoxy) is 1. The molecule has 0 aliphatic rings. The van der Waals surface area contributed by atoms with Gasteiger partial charge in [-0.1, -0.05) is 19.9 Å². The number of benzene rings is 1. The van der Waals surface area contributed by atoms with Gasteiger partial charge in [0.15, 0.2) is 0 Å². The van der Waals surface area contributed by atoms with Crippen LogP contribution in [0.4, 0.5) is 4.39 Å². The summed E-state index contributed by atoms with van der Waals surface area (Å²) in [4.78, 5) is 4.61. The monoisotopic (exact) mass is 227 g/mol. The standard InChI is InChI=1S/C12H18FNO2/c1-12(2,9-16-14)6-7-15-11-5-3-4-10(13)8-11/h3-5,8H,6-7,9,14H2,1-2H3. The zero-order chi connectivity index (χ0) is 12.0. The van der Waals surface area contributed by atoms with E-state index < -0.39 is 0 Å². The van der Waals surface area contributed by atoms with Gasteiger partial charge < -0.3 is 9.57 Å². The third-order valence-corrected chi connectivity index (χ3v) is 2.32. The molecular weight excluding hydrogens is 209 g/mol. The zero-order valence-electron chi connectivity index (χ0n) is 9.70. The summed E-state index contributed by atoms with van der Waals surface area (Å²) in [5, 5.41) is 0. The first-order chi connectivity index (χ1) is 7.53. The van der Waals surface area contributed by atoms with Crippen molar-refractivity contribution in [2.24, 2.45) is 11.3 Å². The lowest BCUT2D eigenvalue weighted by Crippen LogP contribution is -2.24. The lowest BCUT2D eigenvalue weighted by molar-refractivity contribution is 0.0502. The van der Waals surface area contributed by atoms with Crippen LogP contribution < -0.4 is 10.6 Å². The molecule has 0 fully saturated rings. The number of hydrogen-bond donors (Lipinski definition) is 1. The third kappa shape index (κ3) is 4.59. The molecule has 0 bridgehead atoms. The molecule has 0 saturated carbocycles. The first kappa shape index (κ1) is 12.9. The molecule has 0 radical (unpaired) electrons. The van der Waals surface area contributed by atoms with Gasteiger partial charge in [0.2, 0.25) is 0 Å². The Morgan fingerprint density at radius 2 is 2.12 bits per heavy atom. The molecule has 1 aromatic carbocycles. The van der Waals surface area contributed by atoms with Crippen molar-refractivity contribution in [3.8, 4) is 5.75 Å². The second-order valence-electron chi connectivity index (χ2n) is 4.53. The molecule has 1 rings (SSSR count). The fraction of sp³-hybridized carbons (Fsp3) is 0.500. The van der Waals surface area contributed by atoms with Crippen LogP contribution in [0.15, 0.2) is 24.3 Å². The van der Waals surface area contributed by atoms with Crippen molar-refractivity contribution >= 4 is 0 Å². The zero-order valence-corrected chi connectivity index (χ0v) is 9.70. The molecule has 0 unspecified atom stereocenters. The summed E-state index contributed by atoms with van der Waals surface area (Å²) in [6, 6.07) is 6.11. The number of nitrogens with two attached hydrogens (primary N) is 1. The van der Waals surface area contributed by atoms with Crippen molar-refractivity contribution in [1.82, 2.24) is 0 Å². The summed E-state index contributed by atoms with van der Waals surface area (Å²) >= 11 is 0. The van der Waals surface area contributed by atoms with Crippen molar-refractivity contribution in [3.63, 3.8) is 0 Å². The van der Waals surface area contributed by atoms with E-state index in [1.165, 1.54) is 12.1 Å². The van der Waals surface area contributed by atoms with Gasteiger partial charge in [0.05, 0.1) is 13.2 Å². The molecule has 0 aliphatic carbocycles. The van der Waals surface area contributed by atoms with Crippen LogP contribution in [0, 0.1) is 11.2 Å². The molecule has 0 aromatic heterocycles. The maximum absolute atomic E-state index is 12.8. The highest BCUT2D eigenvalue weighted by Gasteiger charge is 2.17. The number of halogens is 1. The minimum absolute atomic E-state index is 0.0396. The van der Waals surface area contributed by atoms with Gasteiger partial charge in [0.1, 0.15) is 11.6 Å². The van der Waals surface area contributed by atoms with E-state index in [1.54, 1.807) is 12.1 Å². The van der Waals surface area contributed by atoms with Crippen LogP contribution in [0.25, 0.3) is 0 Å². The largest absolute Gasteiger partial charge is 0.493 e. The highest BCUT2D eigenvalue weighted by Crippen LogP contribution is 2.21. The third-order valence-electron chi connectivity index (χ3n) is 2.32. The molecule has 0 heterocycles. The molecule has 0 saturated heterocycles. The molecular formula is C12H18FNO2. The maximum atomic E-state index is 12.8. The van der Waals surface area contributed by atoms with Crippen molar-refractivity contribution < 1.29 is 14.0 Å². The van der Waals surface area contributed by atoms with Crippen LogP contribution in [0.5, 0.6) is 5.75 Å². The Bertz CT molecular complexity index is 329. The minimum Gasteiger partial charge on any atom is -0.493 e. The molecule has 0 atom stereocenters. The first-order valence-corrected chi connectivity index (χ1v) is 5.23. The van der Waals surface area contributed by atoms with E-state index >= 15 is 0 Å². The topological polar surface area (TPSA) is 44.5 Å². The molecule has 0 amide bonds. The highest BCUT2D eigenvalue weighted by atomic mass is 19.1. The molecule has 4 heteroatoms. The molecule has 3 nitrogen and oxygen atoms in total. The second kappa shape index (κ2) is 5.82. The number of rotatable bonds is 6. The smallest absolute Gasteiger partial charge is 0.126 e. The Kier molecular flexibility index (Phi) is 4.71. The average molecular weight is 227 g/mol. The highest BCUT2D eigenvalue weighted by molar-refractivity contribution is 5.22. The van der Waals surface area contributed by atoms with Crippen LogP contribution in [-0.2, 0) is 4.84 Å². The lowest BCUT2D eigenvalue weighted by Gasteiger charge is -2.22. The van der Waals surface area contributed by atoms with Crippen molar-refractivity contribution in [2.75, 3.05) is 13.2 Å². The fourth-order valence-electron chi connectivity index (χ4n) is 1.30. The fourth-order valence-corrected chi connectivity index (χ4v) is 1.30. The van der Waals surface area contributed by atoms with Gasteiger partial charge in [-0.05, 0) is 24.0 Å². The molecule has 90 valence electrons. The Morgan fingerprint density at radius 3 is 2.75 bits per heavy atom. The predicted octanol–water partition coefficient (Wildman–Crippen LogP) is 2.51. The lowest BCUT2D eigenvalue weighted by atomic mass is 9.91. The van der Waals surface area contributed by atoms with E-state index in [-0.39, 0.29) is 11.2 Å². The van der Waals surface area contributed by atoms with Gasteiger partial charge in [-0.3, -0.25) is 0 Å². The summed E-state index contributed by atoms with van der Waals surface area (Å²) in [5.74, 6) is 5.28. The summed E-state index contributed by atoms with van der Waals surface area (Å²) in [5.41, 5.74) is -0.0396. The van der Waals surface area contributed by atoms with E-state index in [2.05, 4.69) is 4.84 Å². The summed E-state index contributed by atoms with van der Waals surface area (Å²) in [6.45, 7) is 5.06. The number of hydrogen-bond acceptors (Lipinski definition) is 3. The quantitative estimate of drug-likeness (QED) is 0.759. The average Bonchev–Trinajstić information content (AvgIpc) is 2.17. The van der Waals surface area contributed by atoms with Crippen LogP contribution in [0.1, 0.15) is 20.3 Å². The summed E-state index contributed by atoms with van der Waals surface area (Å²) in [6.07, 6.45) is 0.792. The van der Waals surface area contributed by atoms with E-state index in [4.69, 9.17) is 10.6 Å².